The normalized spacial score (nSPS) is 18.9. The Hall–Kier alpha value is -2.26. The molecular weight excluding hydrogens is 410 g/mol. The number of hydrogen-bond donors (Lipinski definition) is 2. The summed E-state index contributed by atoms with van der Waals surface area (Å²) in [7, 11) is 1.59. The minimum atomic E-state index is -0.607. The van der Waals surface area contributed by atoms with Crippen LogP contribution in [0.25, 0.3) is 0 Å². The van der Waals surface area contributed by atoms with Crippen molar-refractivity contribution in [1.29, 1.82) is 0 Å². The van der Waals surface area contributed by atoms with Crippen molar-refractivity contribution in [2.45, 2.75) is 25.8 Å². The molecule has 7 nitrogen and oxygen atoms in total. The molecule has 3 rings (SSSR count). The van der Waals surface area contributed by atoms with Crippen LogP contribution in [0.4, 0.5) is 4.79 Å². The van der Waals surface area contributed by atoms with E-state index in [0.29, 0.717) is 22.8 Å². The van der Waals surface area contributed by atoms with Gasteiger partial charge < -0.3 is 25.0 Å². The molecule has 1 fully saturated rings. The lowest BCUT2D eigenvalue weighted by molar-refractivity contribution is -0.139. The van der Waals surface area contributed by atoms with Crippen molar-refractivity contribution in [3.05, 3.63) is 41.1 Å². The SMILES string of the molecule is CCOC(=O)C1=C(CSC(=S)N2CCCC2)NC(=O)NC1c1ccc(OC)cc1. The van der Waals surface area contributed by atoms with E-state index in [1.54, 1.807) is 26.2 Å². The standard InChI is InChI=1S/C20H25N3O4S2/c1-3-27-18(24)16-15(12-29-20(28)23-10-4-5-11-23)21-19(25)22-17(16)13-6-8-14(26-2)9-7-13/h6-9,17H,3-5,10-12H2,1-2H3,(H2,21,22,25). The number of thioether (sulfide) groups is 1. The van der Waals surface area contributed by atoms with Gasteiger partial charge in [0, 0.05) is 24.5 Å². The van der Waals surface area contributed by atoms with Crippen molar-refractivity contribution in [3.8, 4) is 5.75 Å². The molecule has 1 unspecified atom stereocenters. The first-order valence-electron chi connectivity index (χ1n) is 9.56. The highest BCUT2D eigenvalue weighted by molar-refractivity contribution is 8.23. The minimum absolute atomic E-state index is 0.248. The molecule has 2 heterocycles. The van der Waals surface area contributed by atoms with Gasteiger partial charge in [0.1, 0.15) is 10.1 Å². The molecule has 0 aromatic heterocycles. The van der Waals surface area contributed by atoms with Gasteiger partial charge in [0.25, 0.3) is 0 Å². The van der Waals surface area contributed by atoms with E-state index in [4.69, 9.17) is 21.7 Å². The van der Waals surface area contributed by atoms with Crippen molar-refractivity contribution in [3.63, 3.8) is 0 Å². The van der Waals surface area contributed by atoms with E-state index in [-0.39, 0.29) is 12.6 Å². The van der Waals surface area contributed by atoms with Crippen LogP contribution in [0, 0.1) is 0 Å². The number of carbonyl (C=O) groups is 2. The summed E-state index contributed by atoms with van der Waals surface area (Å²) in [6.45, 7) is 3.92. The maximum atomic E-state index is 12.8. The summed E-state index contributed by atoms with van der Waals surface area (Å²) in [6.07, 6.45) is 2.27. The Morgan fingerprint density at radius 3 is 2.59 bits per heavy atom. The molecule has 29 heavy (non-hydrogen) atoms. The summed E-state index contributed by atoms with van der Waals surface area (Å²) in [6, 6.07) is 6.28. The molecule has 2 aliphatic rings. The van der Waals surface area contributed by atoms with Gasteiger partial charge in [-0.3, -0.25) is 0 Å². The van der Waals surface area contributed by atoms with Crippen LogP contribution in [0.15, 0.2) is 35.5 Å². The lowest BCUT2D eigenvalue weighted by atomic mass is 9.95. The summed E-state index contributed by atoms with van der Waals surface area (Å²) in [4.78, 5) is 27.3. The Labute approximate surface area is 180 Å². The van der Waals surface area contributed by atoms with Gasteiger partial charge in [0.15, 0.2) is 0 Å². The fourth-order valence-corrected chi connectivity index (χ4v) is 4.57. The predicted octanol–water partition coefficient (Wildman–Crippen LogP) is 2.98. The summed E-state index contributed by atoms with van der Waals surface area (Å²) in [5.41, 5.74) is 1.70. The van der Waals surface area contributed by atoms with Crippen LogP contribution in [-0.4, -0.2) is 53.8 Å². The Morgan fingerprint density at radius 2 is 1.97 bits per heavy atom. The molecule has 2 amide bonds. The minimum Gasteiger partial charge on any atom is -0.497 e. The molecule has 1 atom stereocenters. The molecular formula is C20H25N3O4S2. The number of ether oxygens (including phenoxy) is 2. The number of urea groups is 1. The maximum Gasteiger partial charge on any atom is 0.338 e. The number of methoxy groups -OCH3 is 1. The smallest absolute Gasteiger partial charge is 0.338 e. The van der Waals surface area contributed by atoms with Crippen molar-refractivity contribution in [1.82, 2.24) is 15.5 Å². The number of rotatable bonds is 6. The first-order chi connectivity index (χ1) is 14.0. The zero-order valence-corrected chi connectivity index (χ0v) is 18.2. The Bertz CT molecular complexity index is 804. The summed E-state index contributed by atoms with van der Waals surface area (Å²) in [5.74, 6) is 0.634. The highest BCUT2D eigenvalue weighted by Crippen LogP contribution is 2.31. The van der Waals surface area contributed by atoms with Crippen LogP contribution in [0.1, 0.15) is 31.4 Å². The maximum absolute atomic E-state index is 12.8. The second-order valence-electron chi connectivity index (χ2n) is 6.67. The number of thiocarbonyl (C=S) groups is 1. The van der Waals surface area contributed by atoms with Gasteiger partial charge in [0.05, 0.1) is 25.3 Å². The van der Waals surface area contributed by atoms with E-state index in [2.05, 4.69) is 15.5 Å². The number of likely N-dealkylation sites (tertiary alicyclic amines) is 1. The number of esters is 1. The zero-order valence-electron chi connectivity index (χ0n) is 16.5. The van der Waals surface area contributed by atoms with E-state index < -0.39 is 12.0 Å². The topological polar surface area (TPSA) is 79.9 Å². The van der Waals surface area contributed by atoms with Crippen LogP contribution in [0.5, 0.6) is 5.75 Å². The monoisotopic (exact) mass is 435 g/mol. The average molecular weight is 436 g/mol. The largest absolute Gasteiger partial charge is 0.497 e. The van der Waals surface area contributed by atoms with Crippen LogP contribution in [0.3, 0.4) is 0 Å². The lowest BCUT2D eigenvalue weighted by Crippen LogP contribution is -2.46. The molecule has 1 aromatic carbocycles. The van der Waals surface area contributed by atoms with Crippen molar-refractivity contribution < 1.29 is 19.1 Å². The van der Waals surface area contributed by atoms with E-state index in [0.717, 1.165) is 35.8 Å². The van der Waals surface area contributed by atoms with Crippen molar-refractivity contribution >= 4 is 40.3 Å². The van der Waals surface area contributed by atoms with E-state index in [1.807, 2.05) is 12.1 Å². The molecule has 2 aliphatic heterocycles. The molecule has 1 saturated heterocycles. The second kappa shape index (κ2) is 9.98. The number of nitrogens with one attached hydrogen (secondary N) is 2. The molecule has 156 valence electrons. The van der Waals surface area contributed by atoms with Gasteiger partial charge >= 0.3 is 12.0 Å². The number of amides is 2. The van der Waals surface area contributed by atoms with E-state index in [9.17, 15) is 9.59 Å². The van der Waals surface area contributed by atoms with Crippen LogP contribution in [0.2, 0.25) is 0 Å². The fraction of sp³-hybridized carbons (Fsp3) is 0.450. The molecule has 0 bridgehead atoms. The zero-order chi connectivity index (χ0) is 20.8. The van der Waals surface area contributed by atoms with E-state index in [1.165, 1.54) is 11.8 Å². The molecule has 0 aliphatic carbocycles. The molecule has 0 saturated carbocycles. The van der Waals surface area contributed by atoms with Crippen LogP contribution < -0.4 is 15.4 Å². The third kappa shape index (κ3) is 5.22. The molecule has 1 aromatic rings. The Balaban J connectivity index is 1.88. The van der Waals surface area contributed by atoms with Gasteiger partial charge in [-0.1, -0.05) is 36.1 Å². The summed E-state index contributed by atoms with van der Waals surface area (Å²) in [5, 5.41) is 5.61. The fourth-order valence-electron chi connectivity index (χ4n) is 3.35. The van der Waals surface area contributed by atoms with Gasteiger partial charge in [-0.05, 0) is 37.5 Å². The van der Waals surface area contributed by atoms with Gasteiger partial charge in [-0.2, -0.15) is 0 Å². The number of carbonyl (C=O) groups excluding carboxylic acids is 2. The van der Waals surface area contributed by atoms with Gasteiger partial charge in [-0.15, -0.1) is 0 Å². The quantitative estimate of drug-likeness (QED) is 0.525. The van der Waals surface area contributed by atoms with Gasteiger partial charge in [0.2, 0.25) is 0 Å². The predicted molar refractivity (Wildman–Crippen MR) is 117 cm³/mol. The van der Waals surface area contributed by atoms with Crippen LogP contribution >= 0.6 is 24.0 Å². The number of benzene rings is 1. The molecule has 2 N–H and O–H groups in total. The summed E-state index contributed by atoms with van der Waals surface area (Å²) < 4.78 is 11.3. The third-order valence-corrected chi connectivity index (χ3v) is 6.35. The number of hydrogen-bond acceptors (Lipinski definition) is 6. The van der Waals surface area contributed by atoms with Gasteiger partial charge in [-0.25, -0.2) is 9.59 Å². The number of nitrogens with zero attached hydrogens (tertiary/aromatic N) is 1. The molecule has 0 spiro atoms. The Morgan fingerprint density at radius 1 is 1.28 bits per heavy atom. The second-order valence-corrected chi connectivity index (χ2v) is 8.28. The molecule has 0 radical (unpaired) electrons. The third-order valence-electron chi connectivity index (χ3n) is 4.80. The average Bonchev–Trinajstić information content (AvgIpc) is 3.26. The highest BCUT2D eigenvalue weighted by atomic mass is 32.2. The first kappa shape index (κ1) is 21.4. The van der Waals surface area contributed by atoms with Crippen molar-refractivity contribution in [2.75, 3.05) is 32.6 Å². The Kier molecular flexibility index (Phi) is 7.38. The molecule has 9 heteroatoms. The highest BCUT2D eigenvalue weighted by Gasteiger charge is 2.34. The van der Waals surface area contributed by atoms with Crippen molar-refractivity contribution in [2.24, 2.45) is 0 Å². The van der Waals surface area contributed by atoms with E-state index >= 15 is 0 Å². The lowest BCUT2D eigenvalue weighted by Gasteiger charge is -2.29. The first-order valence-corrected chi connectivity index (χ1v) is 11.0. The summed E-state index contributed by atoms with van der Waals surface area (Å²) >= 11 is 6.98. The van der Waals surface area contributed by atoms with Crippen LogP contribution in [-0.2, 0) is 9.53 Å².